The van der Waals surface area contributed by atoms with E-state index in [1.165, 1.54) is 48.5 Å². The van der Waals surface area contributed by atoms with Gasteiger partial charge >= 0.3 is 35.8 Å². The van der Waals surface area contributed by atoms with Crippen molar-refractivity contribution in [3.05, 3.63) is 179 Å². The molecule has 0 aliphatic rings. The van der Waals surface area contributed by atoms with Crippen LogP contribution < -0.4 is 29.4 Å². The topological polar surface area (TPSA) is 177 Å². The van der Waals surface area contributed by atoms with Crippen LogP contribution in [0.4, 0.5) is 34.1 Å². The second-order valence-electron chi connectivity index (χ2n) is 19.5. The first-order valence-electron chi connectivity index (χ1n) is 24.9. The van der Waals surface area contributed by atoms with Crippen LogP contribution in [0.5, 0.6) is 0 Å². The van der Waals surface area contributed by atoms with Crippen molar-refractivity contribution >= 4 is 69.9 Å². The number of ether oxygens (including phenoxy) is 6. The van der Waals surface area contributed by atoms with Crippen LogP contribution in [0.15, 0.2) is 146 Å². The predicted octanol–water partition coefficient (Wildman–Crippen LogP) is 8.00. The third-order valence-corrected chi connectivity index (χ3v) is 12.5. The Balaban J connectivity index is 1.55. The minimum absolute atomic E-state index is 0.0133. The average Bonchev–Trinajstić information content (AvgIpc) is 3.44. The summed E-state index contributed by atoms with van der Waals surface area (Å²) >= 11 is 0. The van der Waals surface area contributed by atoms with E-state index in [0.717, 1.165) is 34.1 Å². The minimum Gasteiger partial charge on any atom is -0.458 e. The van der Waals surface area contributed by atoms with Crippen molar-refractivity contribution in [1.29, 1.82) is 0 Å². The van der Waals surface area contributed by atoms with Crippen LogP contribution in [0.25, 0.3) is 0 Å². The van der Waals surface area contributed by atoms with Gasteiger partial charge in [0.25, 0.3) is 0 Å². The Labute approximate surface area is 456 Å². The molecule has 0 spiro atoms. The summed E-state index contributed by atoms with van der Waals surface area (Å²) in [6.07, 6.45) is -7.69. The summed E-state index contributed by atoms with van der Waals surface area (Å²) < 4.78 is 37.2. The van der Waals surface area contributed by atoms with E-state index in [9.17, 15) is 28.8 Å². The number of rotatable bonds is 23. The van der Waals surface area contributed by atoms with Crippen molar-refractivity contribution in [2.24, 2.45) is 0 Å². The average molecular weight is 1070 g/mol. The molecule has 18 nitrogen and oxygen atoms in total. The number of benzene rings is 6. The molecule has 4 atom stereocenters. The van der Waals surface area contributed by atoms with Crippen molar-refractivity contribution in [2.45, 2.75) is 24.4 Å². The number of anilines is 6. The van der Waals surface area contributed by atoms with Gasteiger partial charge in [0.15, 0.2) is 24.4 Å². The second-order valence-corrected chi connectivity index (χ2v) is 19.5. The first-order valence-corrected chi connectivity index (χ1v) is 24.9. The molecule has 0 radical (unpaired) electrons. The van der Waals surface area contributed by atoms with Gasteiger partial charge in [0.1, 0.15) is 13.2 Å². The van der Waals surface area contributed by atoms with Crippen LogP contribution in [0.2, 0.25) is 0 Å². The molecule has 0 N–H and O–H groups in total. The zero-order valence-electron chi connectivity index (χ0n) is 46.2. The summed E-state index contributed by atoms with van der Waals surface area (Å²) in [6, 6.07) is 38.6. The van der Waals surface area contributed by atoms with Gasteiger partial charge in [-0.25, -0.2) is 28.8 Å². The lowest BCUT2D eigenvalue weighted by molar-refractivity contribution is -0.138. The van der Waals surface area contributed by atoms with Gasteiger partial charge in [0.2, 0.25) is 0 Å². The molecule has 6 aromatic carbocycles. The lowest BCUT2D eigenvalue weighted by Gasteiger charge is -2.36. The maximum absolute atomic E-state index is 14.7. The number of nitrogens with zero attached hydrogens (tertiary/aromatic N) is 6. The van der Waals surface area contributed by atoms with Crippen molar-refractivity contribution in [2.75, 3.05) is 127 Å². The summed E-state index contributed by atoms with van der Waals surface area (Å²) in [5, 5.41) is 0. The van der Waals surface area contributed by atoms with Gasteiger partial charge in [-0.1, -0.05) is 0 Å². The van der Waals surface area contributed by atoms with E-state index in [2.05, 4.69) is 0 Å². The van der Waals surface area contributed by atoms with Gasteiger partial charge in [-0.2, -0.15) is 0 Å². The van der Waals surface area contributed by atoms with Crippen molar-refractivity contribution < 1.29 is 57.2 Å². The molecule has 6 rings (SSSR count). The molecule has 78 heavy (non-hydrogen) atoms. The molecule has 0 saturated heterocycles. The van der Waals surface area contributed by atoms with E-state index in [1.807, 2.05) is 114 Å². The Hall–Kier alpha value is -9.06. The smallest absolute Gasteiger partial charge is 0.338 e. The normalized spacial score (nSPS) is 12.3. The minimum atomic E-state index is -2.00. The maximum Gasteiger partial charge on any atom is 0.338 e. The van der Waals surface area contributed by atoms with Crippen LogP contribution in [0.1, 0.15) is 62.1 Å². The molecule has 410 valence electrons. The fourth-order valence-corrected chi connectivity index (χ4v) is 7.75. The van der Waals surface area contributed by atoms with E-state index >= 15 is 0 Å². The highest BCUT2D eigenvalue weighted by molar-refractivity contribution is 5.94. The zero-order chi connectivity index (χ0) is 56.8. The molecule has 0 aliphatic carbocycles. The summed E-state index contributed by atoms with van der Waals surface area (Å²) in [4.78, 5) is 97.5. The van der Waals surface area contributed by atoms with Crippen LogP contribution in [-0.2, 0) is 28.4 Å². The van der Waals surface area contributed by atoms with Gasteiger partial charge < -0.3 is 57.8 Å². The molecule has 0 amide bonds. The molecule has 4 unspecified atom stereocenters. The Morgan fingerprint density at radius 1 is 0.269 bits per heavy atom. The van der Waals surface area contributed by atoms with E-state index < -0.39 is 73.4 Å². The molecule has 0 aromatic heterocycles. The number of hydrogen-bond acceptors (Lipinski definition) is 18. The highest BCUT2D eigenvalue weighted by Crippen LogP contribution is 2.28. The fraction of sp³-hybridized carbons (Fsp3) is 0.300. The molecule has 0 fully saturated rings. The van der Waals surface area contributed by atoms with E-state index in [4.69, 9.17) is 28.4 Å². The molecule has 0 heterocycles. The maximum atomic E-state index is 14.7. The first-order chi connectivity index (χ1) is 37.1. The number of carbonyl (C=O) groups excluding carboxylic acids is 6. The van der Waals surface area contributed by atoms with Crippen molar-refractivity contribution in [3.8, 4) is 0 Å². The molecule has 0 saturated carbocycles. The molecular weight excluding hydrogens is 997 g/mol. The zero-order valence-corrected chi connectivity index (χ0v) is 46.2. The van der Waals surface area contributed by atoms with Gasteiger partial charge in [0, 0.05) is 119 Å². The summed E-state index contributed by atoms with van der Waals surface area (Å²) in [7, 11) is 22.0. The van der Waals surface area contributed by atoms with E-state index in [1.54, 1.807) is 97.1 Å². The summed E-state index contributed by atoms with van der Waals surface area (Å²) in [6.45, 7) is -1.63. The Morgan fingerprint density at radius 2 is 0.436 bits per heavy atom. The highest BCUT2D eigenvalue weighted by Gasteiger charge is 2.46. The van der Waals surface area contributed by atoms with E-state index in [-0.39, 0.29) is 33.4 Å². The van der Waals surface area contributed by atoms with Gasteiger partial charge in [-0.05, 0) is 146 Å². The Bertz CT molecular complexity index is 2780. The first kappa shape index (κ1) is 58.2. The summed E-state index contributed by atoms with van der Waals surface area (Å²) in [5.74, 6) is -5.64. The molecule has 6 aromatic rings. The Morgan fingerprint density at radius 3 is 0.615 bits per heavy atom. The quantitative estimate of drug-likeness (QED) is 0.0445. The molecule has 0 aliphatic heterocycles. The van der Waals surface area contributed by atoms with E-state index in [0.29, 0.717) is 0 Å². The predicted molar refractivity (Wildman–Crippen MR) is 302 cm³/mol. The third-order valence-electron chi connectivity index (χ3n) is 12.5. The largest absolute Gasteiger partial charge is 0.458 e. The van der Waals surface area contributed by atoms with Crippen LogP contribution >= 0.6 is 0 Å². The fourth-order valence-electron chi connectivity index (χ4n) is 7.75. The summed E-state index contributed by atoms with van der Waals surface area (Å²) in [5.41, 5.74) is 4.99. The second kappa shape index (κ2) is 26.6. The number of carbonyl (C=O) groups is 6. The SMILES string of the molecule is CN(C)c1ccc(C(=O)OCC(OC(=O)c2ccc(N(C)C)cc2)C(OC(=O)c2ccc(N(C)C)cc2)C(OC(=O)c2ccc(N(C)C)cc2)C(COC(=O)c2ccc(N(C)C)cc2)OC(=O)c2ccc(N(C)C)cc2)cc1. The standard InChI is InChI=1S/C60H68N6O12/c1-61(2)45-25-13-39(14-26-45)55(67)73-37-51(75-57(69)41-17-29-47(30-18-41)63(5)6)53(77-59(71)43-21-33-49(34-22-43)65(9)10)54(78-60(72)44-23-35-50(36-24-44)66(11)12)52(76-58(70)42-19-31-48(32-20-42)64(7)8)38-74-56(68)40-15-27-46(28-16-40)62(3)4/h13-36,51-54H,37-38H2,1-12H3. The third kappa shape index (κ3) is 15.5. The van der Waals surface area contributed by atoms with Crippen LogP contribution in [0.3, 0.4) is 0 Å². The van der Waals surface area contributed by atoms with Gasteiger partial charge in [0.05, 0.1) is 33.4 Å². The van der Waals surface area contributed by atoms with Crippen molar-refractivity contribution in [3.63, 3.8) is 0 Å². The number of hydrogen-bond donors (Lipinski definition) is 0. The lowest BCUT2D eigenvalue weighted by Crippen LogP contribution is -2.54. The molecule has 0 bridgehead atoms. The molecule has 18 heteroatoms. The molecular formula is C60H68N6O12. The number of esters is 6. The Kier molecular flexibility index (Phi) is 19.9. The van der Waals surface area contributed by atoms with Gasteiger partial charge in [-0.15, -0.1) is 0 Å². The monoisotopic (exact) mass is 1060 g/mol. The van der Waals surface area contributed by atoms with Crippen LogP contribution in [-0.4, -0.2) is 158 Å². The van der Waals surface area contributed by atoms with Gasteiger partial charge in [-0.3, -0.25) is 0 Å². The highest BCUT2D eigenvalue weighted by atomic mass is 16.6. The van der Waals surface area contributed by atoms with Crippen LogP contribution in [0, 0.1) is 0 Å². The van der Waals surface area contributed by atoms with Crippen molar-refractivity contribution in [1.82, 2.24) is 0 Å². The lowest BCUT2D eigenvalue weighted by atomic mass is 10.0.